The fraction of sp³-hybridized carbons (Fsp3) is 0.0625. The van der Waals surface area contributed by atoms with Crippen LogP contribution in [-0.4, -0.2) is 23.0 Å². The average Bonchev–Trinajstić information content (AvgIpc) is 2.53. The number of terminal acetylenes is 1. The fourth-order valence-corrected chi connectivity index (χ4v) is 1.92. The van der Waals surface area contributed by atoms with Crippen LogP contribution in [0.25, 0.3) is 0 Å². The minimum absolute atomic E-state index is 0.0285. The number of carbonyl (C=O) groups is 1. The predicted molar refractivity (Wildman–Crippen MR) is 81.9 cm³/mol. The smallest absolute Gasteiger partial charge is 0.273 e. The van der Waals surface area contributed by atoms with Gasteiger partial charge in [-0.15, -0.1) is 6.42 Å². The van der Waals surface area contributed by atoms with E-state index in [1.807, 2.05) is 0 Å². The quantitative estimate of drug-likeness (QED) is 0.536. The summed E-state index contributed by atoms with van der Waals surface area (Å²) in [6.45, 7) is 0. The van der Waals surface area contributed by atoms with E-state index in [1.54, 1.807) is 24.3 Å². The lowest BCUT2D eigenvalue weighted by molar-refractivity contribution is -0.384. The maximum atomic E-state index is 12.4. The highest BCUT2D eigenvalue weighted by Gasteiger charge is 2.19. The van der Waals surface area contributed by atoms with Crippen molar-refractivity contribution in [3.05, 3.63) is 63.7 Å². The zero-order chi connectivity index (χ0) is 16.3. The van der Waals surface area contributed by atoms with Crippen LogP contribution in [0.1, 0.15) is 15.9 Å². The largest absolute Gasteiger partial charge is 0.507 e. The second-order valence-electron chi connectivity index (χ2n) is 4.52. The molecule has 0 fully saturated rings. The molecule has 2 rings (SSSR count). The van der Waals surface area contributed by atoms with E-state index in [2.05, 4.69) is 5.92 Å². The molecule has 0 spiro atoms. The number of nitro groups is 1. The van der Waals surface area contributed by atoms with Crippen molar-refractivity contribution in [3.63, 3.8) is 0 Å². The third kappa shape index (κ3) is 2.88. The Hall–Kier alpha value is -3.33. The molecule has 0 bridgehead atoms. The van der Waals surface area contributed by atoms with Gasteiger partial charge in [0.05, 0.1) is 16.6 Å². The van der Waals surface area contributed by atoms with Crippen LogP contribution in [0.2, 0.25) is 0 Å². The van der Waals surface area contributed by atoms with Crippen molar-refractivity contribution < 1.29 is 14.8 Å². The van der Waals surface area contributed by atoms with Gasteiger partial charge in [-0.1, -0.05) is 12.0 Å². The van der Waals surface area contributed by atoms with Crippen LogP contribution in [0.15, 0.2) is 42.5 Å². The van der Waals surface area contributed by atoms with Gasteiger partial charge in [-0.05, 0) is 24.3 Å². The summed E-state index contributed by atoms with van der Waals surface area (Å²) in [5.74, 6) is 1.53. The fourth-order valence-electron chi connectivity index (χ4n) is 1.92. The minimum atomic E-state index is -0.645. The molecule has 0 aromatic heterocycles. The van der Waals surface area contributed by atoms with Crippen molar-refractivity contribution in [3.8, 4) is 18.1 Å². The van der Waals surface area contributed by atoms with E-state index < -0.39 is 16.6 Å². The third-order valence-electron chi connectivity index (χ3n) is 3.13. The van der Waals surface area contributed by atoms with Crippen LogP contribution >= 0.6 is 0 Å². The average molecular weight is 296 g/mol. The first kappa shape index (κ1) is 15.1. The van der Waals surface area contributed by atoms with E-state index in [9.17, 15) is 20.0 Å². The highest BCUT2D eigenvalue weighted by Crippen LogP contribution is 2.26. The Morgan fingerprint density at radius 1 is 1.32 bits per heavy atom. The van der Waals surface area contributed by atoms with Gasteiger partial charge in [0.1, 0.15) is 5.75 Å². The Kier molecular flexibility index (Phi) is 4.09. The van der Waals surface area contributed by atoms with Crippen molar-refractivity contribution >= 4 is 17.3 Å². The Morgan fingerprint density at radius 3 is 2.64 bits per heavy atom. The number of aromatic hydroxyl groups is 1. The molecule has 6 heteroatoms. The first-order valence-electron chi connectivity index (χ1n) is 6.26. The first-order valence-corrected chi connectivity index (χ1v) is 6.26. The number of amides is 1. The van der Waals surface area contributed by atoms with E-state index >= 15 is 0 Å². The number of phenolic OH excluding ortho intramolecular Hbond substituents is 1. The van der Waals surface area contributed by atoms with Crippen LogP contribution in [-0.2, 0) is 0 Å². The summed E-state index contributed by atoms with van der Waals surface area (Å²) in [5, 5.41) is 20.5. The molecular weight excluding hydrogens is 284 g/mol. The van der Waals surface area contributed by atoms with E-state index in [1.165, 1.54) is 24.1 Å². The Labute approximate surface area is 126 Å². The monoisotopic (exact) mass is 296 g/mol. The maximum Gasteiger partial charge on any atom is 0.273 e. The standard InChI is InChI=1S/C16H12N2O4/c1-3-11-5-4-6-12(9-11)17(2)16(20)14-8-7-13(18(21)22)10-15(14)19/h1,4-10,19H,2H3. The van der Waals surface area contributed by atoms with Crippen LogP contribution in [0.5, 0.6) is 5.75 Å². The lowest BCUT2D eigenvalue weighted by Gasteiger charge is -2.18. The number of nitro benzene ring substituents is 1. The van der Waals surface area contributed by atoms with Gasteiger partial charge in [-0.25, -0.2) is 0 Å². The number of nitrogens with zero attached hydrogens (tertiary/aromatic N) is 2. The Bertz CT molecular complexity index is 793. The number of benzene rings is 2. The summed E-state index contributed by atoms with van der Waals surface area (Å²) >= 11 is 0. The van der Waals surface area contributed by atoms with Gasteiger partial charge in [0.2, 0.25) is 0 Å². The number of anilines is 1. The molecule has 0 atom stereocenters. The summed E-state index contributed by atoms with van der Waals surface area (Å²) in [4.78, 5) is 23.7. The van der Waals surface area contributed by atoms with Crippen molar-refractivity contribution in [2.75, 3.05) is 11.9 Å². The van der Waals surface area contributed by atoms with Crippen LogP contribution in [0.3, 0.4) is 0 Å². The predicted octanol–water partition coefficient (Wildman–Crippen LogP) is 2.56. The van der Waals surface area contributed by atoms with Crippen molar-refractivity contribution in [1.29, 1.82) is 0 Å². The summed E-state index contributed by atoms with van der Waals surface area (Å²) in [5.41, 5.74) is 0.855. The number of non-ortho nitro benzene ring substituents is 1. The maximum absolute atomic E-state index is 12.4. The summed E-state index contributed by atoms with van der Waals surface area (Å²) in [7, 11) is 1.53. The van der Waals surface area contributed by atoms with Gasteiger partial charge in [-0.2, -0.15) is 0 Å². The Morgan fingerprint density at radius 2 is 2.05 bits per heavy atom. The van der Waals surface area contributed by atoms with E-state index in [4.69, 9.17) is 6.42 Å². The normalized spacial score (nSPS) is 9.82. The van der Waals surface area contributed by atoms with Crippen molar-refractivity contribution in [2.24, 2.45) is 0 Å². The van der Waals surface area contributed by atoms with Gasteiger partial charge < -0.3 is 10.0 Å². The van der Waals surface area contributed by atoms with Crippen molar-refractivity contribution in [2.45, 2.75) is 0 Å². The molecule has 6 nitrogen and oxygen atoms in total. The second-order valence-corrected chi connectivity index (χ2v) is 4.52. The molecule has 22 heavy (non-hydrogen) atoms. The van der Waals surface area contributed by atoms with Gasteiger partial charge in [0.15, 0.2) is 0 Å². The molecule has 0 heterocycles. The van der Waals surface area contributed by atoms with Gasteiger partial charge in [0, 0.05) is 24.4 Å². The number of phenols is 1. The third-order valence-corrected chi connectivity index (χ3v) is 3.13. The molecule has 0 radical (unpaired) electrons. The lowest BCUT2D eigenvalue weighted by Crippen LogP contribution is -2.26. The molecule has 0 unspecified atom stereocenters. The second kappa shape index (κ2) is 5.97. The molecule has 1 N–H and O–H groups in total. The highest BCUT2D eigenvalue weighted by atomic mass is 16.6. The molecule has 0 aliphatic carbocycles. The summed E-state index contributed by atoms with van der Waals surface area (Å²) in [6, 6.07) is 10.1. The van der Waals surface area contributed by atoms with Gasteiger partial charge >= 0.3 is 0 Å². The van der Waals surface area contributed by atoms with Crippen LogP contribution in [0.4, 0.5) is 11.4 Å². The SMILES string of the molecule is C#Cc1cccc(N(C)C(=O)c2ccc([N+](=O)[O-])cc2O)c1. The molecular formula is C16H12N2O4. The molecule has 0 saturated carbocycles. The lowest BCUT2D eigenvalue weighted by atomic mass is 10.1. The minimum Gasteiger partial charge on any atom is -0.507 e. The number of carbonyl (C=O) groups excluding carboxylic acids is 1. The van der Waals surface area contributed by atoms with Crippen molar-refractivity contribution in [1.82, 2.24) is 0 Å². The van der Waals surface area contributed by atoms with E-state index in [0.717, 1.165) is 6.07 Å². The van der Waals surface area contributed by atoms with E-state index in [0.29, 0.717) is 11.3 Å². The molecule has 0 aliphatic heterocycles. The molecule has 0 saturated heterocycles. The summed E-state index contributed by atoms with van der Waals surface area (Å²) in [6.07, 6.45) is 5.32. The molecule has 110 valence electrons. The zero-order valence-electron chi connectivity index (χ0n) is 11.7. The summed E-state index contributed by atoms with van der Waals surface area (Å²) < 4.78 is 0. The van der Waals surface area contributed by atoms with E-state index in [-0.39, 0.29) is 11.3 Å². The van der Waals surface area contributed by atoms with Crippen LogP contribution < -0.4 is 4.90 Å². The molecule has 1 amide bonds. The first-order chi connectivity index (χ1) is 10.4. The van der Waals surface area contributed by atoms with Crippen LogP contribution in [0, 0.1) is 22.5 Å². The molecule has 2 aromatic carbocycles. The highest BCUT2D eigenvalue weighted by molar-refractivity contribution is 6.07. The molecule has 0 aliphatic rings. The topological polar surface area (TPSA) is 83.7 Å². The zero-order valence-corrected chi connectivity index (χ0v) is 11.7. The number of hydrogen-bond donors (Lipinski definition) is 1. The number of hydrogen-bond acceptors (Lipinski definition) is 4. The van der Waals surface area contributed by atoms with Gasteiger partial charge in [-0.3, -0.25) is 14.9 Å². The Balaban J connectivity index is 2.35. The van der Waals surface area contributed by atoms with Gasteiger partial charge in [0.25, 0.3) is 11.6 Å². The molecule has 2 aromatic rings. The number of rotatable bonds is 3.